The molecule has 0 aromatic rings. The van der Waals surface area contributed by atoms with Gasteiger partial charge in [-0.05, 0) is 26.2 Å². The number of ether oxygens (including phenoxy) is 2. The van der Waals surface area contributed by atoms with Crippen LogP contribution < -0.4 is 0 Å². The monoisotopic (exact) mass is 412 g/mol. The summed E-state index contributed by atoms with van der Waals surface area (Å²) in [6, 6.07) is 0. The summed E-state index contributed by atoms with van der Waals surface area (Å²) in [5.41, 5.74) is -5.93. The average Bonchev–Trinajstić information content (AvgIpc) is 2.85. The van der Waals surface area contributed by atoms with Crippen LogP contribution in [0.5, 0.6) is 0 Å². The quantitative estimate of drug-likeness (QED) is 0.193. The van der Waals surface area contributed by atoms with Gasteiger partial charge < -0.3 is 40.1 Å². The maximum absolute atomic E-state index is 12.5. The molecule has 5 aliphatic rings. The molecule has 5 rings (SSSR count). The van der Waals surface area contributed by atoms with Crippen LogP contribution in [0.4, 0.5) is 0 Å². The predicted octanol–water partition coefficient (Wildman–Crippen LogP) is -2.16. The van der Waals surface area contributed by atoms with Crippen molar-refractivity contribution >= 4 is 5.97 Å². The van der Waals surface area contributed by atoms with Crippen molar-refractivity contribution in [1.82, 2.24) is 0 Å². The van der Waals surface area contributed by atoms with Crippen molar-refractivity contribution in [3.8, 4) is 0 Å². The number of carbonyl (C=O) groups excluding carboxylic acids is 1. The molecule has 29 heavy (non-hydrogen) atoms. The van der Waals surface area contributed by atoms with Crippen molar-refractivity contribution in [2.75, 3.05) is 6.61 Å². The Bertz CT molecular complexity index is 814. The second-order valence-electron chi connectivity index (χ2n) is 9.94. The lowest BCUT2D eigenvalue weighted by atomic mass is 9.36. The first-order valence-corrected chi connectivity index (χ1v) is 10.0. The fourth-order valence-electron chi connectivity index (χ4n) is 7.72. The molecule has 2 saturated carbocycles. The Labute approximate surface area is 167 Å². The second kappa shape index (κ2) is 5.40. The zero-order chi connectivity index (χ0) is 21.3. The molecule has 2 bridgehead atoms. The van der Waals surface area contributed by atoms with Gasteiger partial charge in [-0.25, -0.2) is 4.79 Å². The Morgan fingerprint density at radius 1 is 1.10 bits per heavy atom. The van der Waals surface area contributed by atoms with Crippen LogP contribution in [0.2, 0.25) is 0 Å². The molecule has 2 aliphatic heterocycles. The molecule has 1 spiro atoms. The molecular weight excluding hydrogens is 384 g/mol. The molecule has 2 saturated heterocycles. The lowest BCUT2D eigenvalue weighted by Crippen LogP contribution is -2.86. The second-order valence-corrected chi connectivity index (χ2v) is 9.94. The maximum Gasteiger partial charge on any atom is 0.338 e. The number of carbonyl (C=O) groups is 1. The summed E-state index contributed by atoms with van der Waals surface area (Å²) in [6.45, 7) is 4.69. The minimum Gasteiger partial charge on any atom is -0.460 e. The van der Waals surface area contributed by atoms with Gasteiger partial charge in [-0.1, -0.05) is 18.6 Å². The normalized spacial score (nSPS) is 63.3. The van der Waals surface area contributed by atoms with Gasteiger partial charge in [0.25, 0.3) is 0 Å². The van der Waals surface area contributed by atoms with E-state index < -0.39 is 70.5 Å². The lowest BCUT2D eigenvalue weighted by Gasteiger charge is -2.70. The summed E-state index contributed by atoms with van der Waals surface area (Å²) in [7, 11) is 0. The highest BCUT2D eigenvalue weighted by molar-refractivity contribution is 5.79. The Kier molecular flexibility index (Phi) is 3.70. The van der Waals surface area contributed by atoms with Gasteiger partial charge in [0, 0.05) is 11.3 Å². The molecular formula is C20H28O9. The molecule has 0 aromatic heterocycles. The molecule has 3 aliphatic carbocycles. The molecule has 4 fully saturated rings. The van der Waals surface area contributed by atoms with Crippen LogP contribution in [0.3, 0.4) is 0 Å². The smallest absolute Gasteiger partial charge is 0.338 e. The number of aliphatic hydroxyl groups excluding tert-OH is 5. The van der Waals surface area contributed by atoms with Crippen LogP contribution in [0, 0.1) is 22.7 Å². The number of hydrogen-bond donors (Lipinski definition) is 6. The van der Waals surface area contributed by atoms with Crippen LogP contribution >= 0.6 is 0 Å². The van der Waals surface area contributed by atoms with Gasteiger partial charge in [-0.2, -0.15) is 0 Å². The van der Waals surface area contributed by atoms with Crippen LogP contribution in [-0.4, -0.2) is 91.0 Å². The van der Waals surface area contributed by atoms with Gasteiger partial charge in [0.15, 0.2) is 6.10 Å². The first kappa shape index (κ1) is 19.9. The topological polar surface area (TPSA) is 157 Å². The third-order valence-electron chi connectivity index (χ3n) is 9.13. The van der Waals surface area contributed by atoms with Crippen LogP contribution in [-0.2, 0) is 14.3 Å². The van der Waals surface area contributed by atoms with E-state index in [2.05, 4.69) is 0 Å². The van der Waals surface area contributed by atoms with Gasteiger partial charge in [-0.15, -0.1) is 0 Å². The van der Waals surface area contributed by atoms with Gasteiger partial charge in [0.1, 0.15) is 23.4 Å². The van der Waals surface area contributed by atoms with Crippen molar-refractivity contribution in [2.24, 2.45) is 22.7 Å². The molecule has 0 aromatic carbocycles. The molecule has 12 atom stereocenters. The lowest BCUT2D eigenvalue weighted by molar-refractivity contribution is -0.355. The molecule has 0 radical (unpaired) electrons. The Hall–Kier alpha value is -1.07. The van der Waals surface area contributed by atoms with E-state index in [0.717, 1.165) is 5.57 Å². The molecule has 5 unspecified atom stereocenters. The molecule has 9 heteroatoms. The van der Waals surface area contributed by atoms with Crippen LogP contribution in [0.15, 0.2) is 11.6 Å². The van der Waals surface area contributed by atoms with E-state index in [1.165, 1.54) is 6.92 Å². The minimum absolute atomic E-state index is 0.179. The molecule has 2 heterocycles. The van der Waals surface area contributed by atoms with E-state index in [1.54, 1.807) is 19.9 Å². The van der Waals surface area contributed by atoms with Crippen molar-refractivity contribution in [3.63, 3.8) is 0 Å². The van der Waals surface area contributed by atoms with Crippen LogP contribution in [0.1, 0.15) is 27.2 Å². The van der Waals surface area contributed by atoms with Gasteiger partial charge >= 0.3 is 5.97 Å². The summed E-state index contributed by atoms with van der Waals surface area (Å²) >= 11 is 0. The van der Waals surface area contributed by atoms with Gasteiger partial charge in [0.05, 0.1) is 30.3 Å². The van der Waals surface area contributed by atoms with Crippen molar-refractivity contribution < 1.29 is 44.9 Å². The fourth-order valence-corrected chi connectivity index (χ4v) is 7.72. The fraction of sp³-hybridized carbons (Fsp3) is 0.850. The predicted molar refractivity (Wildman–Crippen MR) is 95.1 cm³/mol. The van der Waals surface area contributed by atoms with Crippen LogP contribution in [0.25, 0.3) is 0 Å². The number of esters is 1. The first-order valence-electron chi connectivity index (χ1n) is 10.0. The third-order valence-corrected chi connectivity index (χ3v) is 9.13. The van der Waals surface area contributed by atoms with E-state index in [0.29, 0.717) is 0 Å². The zero-order valence-corrected chi connectivity index (χ0v) is 16.5. The average molecular weight is 412 g/mol. The number of aliphatic hydroxyl groups is 6. The van der Waals surface area contributed by atoms with E-state index >= 15 is 0 Å². The van der Waals surface area contributed by atoms with Crippen molar-refractivity contribution in [3.05, 3.63) is 11.6 Å². The highest BCUT2D eigenvalue weighted by Gasteiger charge is 2.88. The first-order chi connectivity index (χ1) is 13.4. The van der Waals surface area contributed by atoms with E-state index in [-0.39, 0.29) is 18.9 Å². The number of allylic oxidation sites excluding steroid dienone is 1. The number of hydrogen-bond acceptors (Lipinski definition) is 9. The SMILES string of the molecule is CC1=CC(O)C(O)[C@]2(C)[C@H]3C(O)C(O)[C@@]4(C)OC[C@@]35[C@@H](C[C@@H]12)OC(=O)C(O)[C@]54O. The van der Waals surface area contributed by atoms with Crippen molar-refractivity contribution in [1.29, 1.82) is 0 Å². The zero-order valence-electron chi connectivity index (χ0n) is 16.5. The van der Waals surface area contributed by atoms with E-state index in [1.807, 2.05) is 0 Å². The minimum atomic E-state index is -2.24. The number of rotatable bonds is 0. The standard InChI is InChI=1S/C20H28O9/c1-7-4-9(21)13(23)17(2)8(7)5-10-19-6-28-18(3,14(24)11(22)12(17)19)20(19,27)15(25)16(26)29-10/h4,8-15,21-25,27H,5-6H2,1-3H3/t8-,9?,10+,11?,12+,13?,14?,15?,17-,18+,19+,20+/m0/s1. The van der Waals surface area contributed by atoms with Gasteiger partial charge in [-0.3, -0.25) is 0 Å². The Morgan fingerprint density at radius 2 is 1.76 bits per heavy atom. The van der Waals surface area contributed by atoms with E-state index in [4.69, 9.17) is 9.47 Å². The summed E-state index contributed by atoms with van der Waals surface area (Å²) in [5.74, 6) is -2.42. The molecule has 162 valence electrons. The highest BCUT2D eigenvalue weighted by Crippen LogP contribution is 2.73. The highest BCUT2D eigenvalue weighted by atomic mass is 16.6. The molecule has 0 amide bonds. The van der Waals surface area contributed by atoms with Gasteiger partial charge in [0.2, 0.25) is 0 Å². The Balaban J connectivity index is 1.82. The number of fused-ring (bicyclic) bond motifs is 2. The summed E-state index contributed by atoms with van der Waals surface area (Å²) in [4.78, 5) is 12.5. The van der Waals surface area contributed by atoms with E-state index in [9.17, 15) is 35.4 Å². The summed E-state index contributed by atoms with van der Waals surface area (Å²) < 4.78 is 11.4. The third kappa shape index (κ3) is 1.75. The molecule has 6 N–H and O–H groups in total. The Morgan fingerprint density at radius 3 is 2.41 bits per heavy atom. The summed E-state index contributed by atoms with van der Waals surface area (Å²) in [5, 5.41) is 66.5. The summed E-state index contributed by atoms with van der Waals surface area (Å²) in [6.07, 6.45) is -6.71. The molecule has 9 nitrogen and oxygen atoms in total. The maximum atomic E-state index is 12.5. The largest absolute Gasteiger partial charge is 0.460 e. The van der Waals surface area contributed by atoms with Crippen molar-refractivity contribution in [2.45, 2.75) is 75.0 Å².